The zero-order chi connectivity index (χ0) is 19.5. The van der Waals surface area contributed by atoms with E-state index >= 15 is 0 Å². The van der Waals surface area contributed by atoms with Crippen LogP contribution in [0.3, 0.4) is 0 Å². The molecule has 0 radical (unpaired) electrons. The Kier molecular flexibility index (Phi) is 4.16. The van der Waals surface area contributed by atoms with Crippen LogP contribution in [0.2, 0.25) is 0 Å². The smallest absolute Gasteiger partial charge is 0.318 e. The van der Waals surface area contributed by atoms with E-state index in [0.29, 0.717) is 17.9 Å². The van der Waals surface area contributed by atoms with Gasteiger partial charge >= 0.3 is 5.97 Å². The van der Waals surface area contributed by atoms with Gasteiger partial charge in [0.25, 0.3) is 0 Å². The molecule has 6 unspecified atom stereocenters. The highest BCUT2D eigenvalue weighted by Crippen LogP contribution is 2.50. The summed E-state index contributed by atoms with van der Waals surface area (Å²) in [4.78, 5) is 13.5. The number of quaternary nitrogens is 1. The minimum absolute atomic E-state index is 0.0572. The average molecular weight is 381 g/mol. The maximum atomic E-state index is 13.5. The molecule has 0 saturated heterocycles. The molecular weight excluding hydrogens is 350 g/mol. The topological polar surface area (TPSA) is 35.5 Å². The van der Waals surface area contributed by atoms with Crippen LogP contribution in [0.25, 0.3) is 0 Å². The van der Waals surface area contributed by atoms with E-state index in [2.05, 4.69) is 27.2 Å². The highest BCUT2D eigenvalue weighted by molar-refractivity contribution is 5.84. The van der Waals surface area contributed by atoms with Crippen LogP contribution in [0.15, 0.2) is 48.1 Å². The second kappa shape index (κ2) is 6.48. The Morgan fingerprint density at radius 3 is 2.79 bits per heavy atom. The maximum absolute atomic E-state index is 13.5. The van der Waals surface area contributed by atoms with Gasteiger partial charge in [-0.2, -0.15) is 0 Å². The van der Waals surface area contributed by atoms with Crippen LogP contribution in [-0.4, -0.2) is 49.8 Å². The lowest BCUT2D eigenvalue weighted by Crippen LogP contribution is -2.49. The zero-order valence-corrected chi connectivity index (χ0v) is 17.0. The van der Waals surface area contributed by atoms with E-state index in [-0.39, 0.29) is 24.1 Å². The fraction of sp³-hybridized carbons (Fsp3) is 0.542. The van der Waals surface area contributed by atoms with Gasteiger partial charge in [0.15, 0.2) is 0 Å². The van der Waals surface area contributed by atoms with Crippen molar-refractivity contribution in [3.63, 3.8) is 0 Å². The molecule has 0 N–H and O–H groups in total. The van der Waals surface area contributed by atoms with E-state index in [4.69, 9.17) is 9.47 Å². The Morgan fingerprint density at radius 1 is 1.18 bits per heavy atom. The lowest BCUT2D eigenvalue weighted by molar-refractivity contribution is -0.900. The van der Waals surface area contributed by atoms with Crippen molar-refractivity contribution in [2.24, 2.45) is 11.8 Å². The number of benzene rings is 1. The Hall–Kier alpha value is -2.07. The number of para-hydroxylation sites is 1. The zero-order valence-electron chi connectivity index (χ0n) is 17.0. The number of allylic oxidation sites excluding steroid dienone is 2. The van der Waals surface area contributed by atoms with Crippen LogP contribution >= 0.6 is 0 Å². The third-order valence-corrected chi connectivity index (χ3v) is 7.18. The van der Waals surface area contributed by atoms with Crippen LogP contribution < -0.4 is 4.74 Å². The molecule has 4 aliphatic rings. The number of hydrogen-bond acceptors (Lipinski definition) is 3. The number of rotatable bonds is 3. The van der Waals surface area contributed by atoms with Crippen molar-refractivity contribution in [3.8, 4) is 5.75 Å². The largest absolute Gasteiger partial charge is 0.485 e. The molecule has 0 spiro atoms. The summed E-state index contributed by atoms with van der Waals surface area (Å²) in [5.74, 6) is 1.54. The van der Waals surface area contributed by atoms with Gasteiger partial charge in [-0.1, -0.05) is 36.4 Å². The molecule has 5 rings (SSSR count). The van der Waals surface area contributed by atoms with E-state index in [1.807, 2.05) is 36.4 Å². The van der Waals surface area contributed by atoms with Crippen molar-refractivity contribution in [2.45, 2.75) is 49.9 Å². The molecule has 3 aliphatic carbocycles. The van der Waals surface area contributed by atoms with Crippen molar-refractivity contribution >= 4 is 5.97 Å². The lowest BCUT2D eigenvalue weighted by atomic mass is 9.82. The molecule has 148 valence electrons. The van der Waals surface area contributed by atoms with Crippen LogP contribution in [0, 0.1) is 11.8 Å². The summed E-state index contributed by atoms with van der Waals surface area (Å²) in [6.45, 7) is 0. The fourth-order valence-electron chi connectivity index (χ4n) is 6.24. The molecule has 0 aromatic heterocycles. The second-order valence-corrected chi connectivity index (χ2v) is 9.73. The molecule has 1 aliphatic heterocycles. The van der Waals surface area contributed by atoms with Gasteiger partial charge in [0.2, 0.25) is 0 Å². The SMILES string of the molecule is C[N+](C)(C)C1C2CCC1C(OC(=O)C1C3=CC=CCC3Oc3ccccc31)C2. The maximum Gasteiger partial charge on any atom is 0.318 e. The molecule has 4 nitrogen and oxygen atoms in total. The first kappa shape index (κ1) is 18.0. The molecule has 1 heterocycles. The number of nitrogens with zero attached hydrogens (tertiary/aromatic N) is 1. The van der Waals surface area contributed by atoms with Crippen molar-refractivity contribution < 1.29 is 18.8 Å². The van der Waals surface area contributed by atoms with Crippen LogP contribution in [0.4, 0.5) is 0 Å². The van der Waals surface area contributed by atoms with E-state index in [1.165, 1.54) is 12.8 Å². The fourth-order valence-corrected chi connectivity index (χ4v) is 6.24. The standard InChI is InChI=1S/C24H30NO3/c1-25(2,3)23-15-12-13-18(23)21(14-15)28-24(26)22-16-8-4-6-10-19(16)27-20-11-7-5-9-17(20)22/h4-10,15,18,20-23H,11-14H2,1-3H3/q+1. The van der Waals surface area contributed by atoms with Crippen molar-refractivity contribution in [3.05, 3.63) is 53.6 Å². The molecule has 6 atom stereocenters. The molecule has 28 heavy (non-hydrogen) atoms. The normalized spacial score (nSPS) is 35.6. The summed E-state index contributed by atoms with van der Waals surface area (Å²) in [6.07, 6.45) is 10.5. The van der Waals surface area contributed by atoms with E-state index in [1.54, 1.807) is 0 Å². The van der Waals surface area contributed by atoms with Crippen molar-refractivity contribution in [2.75, 3.05) is 21.1 Å². The average Bonchev–Trinajstić information content (AvgIpc) is 3.24. The summed E-state index contributed by atoms with van der Waals surface area (Å²) in [5, 5.41) is 0. The first-order valence-electron chi connectivity index (χ1n) is 10.6. The predicted octanol–water partition coefficient (Wildman–Crippen LogP) is 3.83. The molecule has 1 aromatic carbocycles. The molecule has 2 saturated carbocycles. The number of fused-ring (bicyclic) bond motifs is 4. The Balaban J connectivity index is 1.42. The van der Waals surface area contributed by atoms with E-state index < -0.39 is 0 Å². The Morgan fingerprint density at radius 2 is 2.00 bits per heavy atom. The third kappa shape index (κ3) is 2.81. The van der Waals surface area contributed by atoms with E-state index in [0.717, 1.165) is 34.2 Å². The Bertz CT molecular complexity index is 850. The van der Waals surface area contributed by atoms with Gasteiger partial charge in [-0.05, 0) is 30.9 Å². The van der Waals surface area contributed by atoms with Gasteiger partial charge in [-0.25, -0.2) is 0 Å². The molecule has 2 bridgehead atoms. The monoisotopic (exact) mass is 380 g/mol. The third-order valence-electron chi connectivity index (χ3n) is 7.18. The second-order valence-electron chi connectivity index (χ2n) is 9.73. The highest BCUT2D eigenvalue weighted by Gasteiger charge is 2.56. The van der Waals surface area contributed by atoms with Crippen molar-refractivity contribution in [1.82, 2.24) is 0 Å². The summed E-state index contributed by atoms with van der Waals surface area (Å²) < 4.78 is 13.4. The number of hydrogen-bond donors (Lipinski definition) is 0. The van der Waals surface area contributed by atoms with Crippen molar-refractivity contribution in [1.29, 1.82) is 0 Å². The molecule has 2 fully saturated rings. The minimum Gasteiger partial charge on any atom is -0.485 e. The number of ether oxygens (including phenoxy) is 2. The summed E-state index contributed by atoms with van der Waals surface area (Å²) >= 11 is 0. The first-order chi connectivity index (χ1) is 13.4. The van der Waals surface area contributed by atoms with Gasteiger partial charge in [-0.15, -0.1) is 0 Å². The molecule has 0 amide bonds. The van der Waals surface area contributed by atoms with Gasteiger partial charge in [0.1, 0.15) is 23.9 Å². The summed E-state index contributed by atoms with van der Waals surface area (Å²) in [5.41, 5.74) is 1.98. The predicted molar refractivity (Wildman–Crippen MR) is 108 cm³/mol. The van der Waals surface area contributed by atoms with Gasteiger partial charge in [0, 0.05) is 23.8 Å². The number of carbonyl (C=O) groups excluding carboxylic acids is 1. The Labute approximate surface area is 167 Å². The number of esters is 1. The highest BCUT2D eigenvalue weighted by atomic mass is 16.5. The molecular formula is C24H30NO3+. The quantitative estimate of drug-likeness (QED) is 0.590. The summed E-state index contributed by atoms with van der Waals surface area (Å²) in [7, 11) is 6.83. The number of carbonyl (C=O) groups is 1. The lowest BCUT2D eigenvalue weighted by Gasteiger charge is -2.36. The molecule has 4 heteroatoms. The van der Waals surface area contributed by atoms with Gasteiger partial charge in [0.05, 0.1) is 27.2 Å². The van der Waals surface area contributed by atoms with Crippen LogP contribution in [-0.2, 0) is 9.53 Å². The van der Waals surface area contributed by atoms with Gasteiger partial charge in [-0.3, -0.25) is 4.79 Å². The first-order valence-corrected chi connectivity index (χ1v) is 10.6. The van der Waals surface area contributed by atoms with Crippen LogP contribution in [0.5, 0.6) is 5.75 Å². The molecule has 1 aromatic rings. The van der Waals surface area contributed by atoms with E-state index in [9.17, 15) is 4.79 Å². The summed E-state index contributed by atoms with van der Waals surface area (Å²) in [6, 6.07) is 8.52. The minimum atomic E-state index is -0.346. The van der Waals surface area contributed by atoms with Gasteiger partial charge < -0.3 is 14.0 Å². The van der Waals surface area contributed by atoms with Crippen LogP contribution in [0.1, 0.15) is 37.2 Å².